The second-order valence-corrected chi connectivity index (χ2v) is 4.40. The SMILES string of the molecule is C.CC(C)Cc1ccc(C(C)C(=O)O)cc1. The maximum atomic E-state index is 10.8. The molecule has 1 aromatic carbocycles. The predicted molar refractivity (Wildman–Crippen MR) is 67.8 cm³/mol. The zero-order valence-electron chi connectivity index (χ0n) is 9.53. The molecule has 0 radical (unpaired) electrons. The number of rotatable bonds is 4. The van der Waals surface area contributed by atoms with Crippen molar-refractivity contribution in [1.82, 2.24) is 0 Å². The zero-order chi connectivity index (χ0) is 11.4. The molecule has 0 heterocycles. The van der Waals surface area contributed by atoms with Crippen molar-refractivity contribution in [3.8, 4) is 0 Å². The average Bonchev–Trinajstić information content (AvgIpc) is 2.17. The Hall–Kier alpha value is -1.31. The Morgan fingerprint density at radius 1 is 1.19 bits per heavy atom. The van der Waals surface area contributed by atoms with Crippen molar-refractivity contribution in [2.24, 2.45) is 5.92 Å². The lowest BCUT2D eigenvalue weighted by atomic mass is 9.97. The summed E-state index contributed by atoms with van der Waals surface area (Å²) in [6.45, 7) is 6.06. The summed E-state index contributed by atoms with van der Waals surface area (Å²) in [4.78, 5) is 10.8. The molecule has 16 heavy (non-hydrogen) atoms. The van der Waals surface area contributed by atoms with E-state index in [1.165, 1.54) is 5.56 Å². The van der Waals surface area contributed by atoms with Crippen LogP contribution in [0.4, 0.5) is 0 Å². The minimum Gasteiger partial charge on any atom is -0.481 e. The fourth-order valence-electron chi connectivity index (χ4n) is 1.56. The normalized spacial score (nSPS) is 12.0. The molecule has 1 unspecified atom stereocenters. The molecular weight excluding hydrogens is 200 g/mol. The maximum absolute atomic E-state index is 10.8. The molecule has 0 aromatic heterocycles. The van der Waals surface area contributed by atoms with Crippen molar-refractivity contribution in [1.29, 1.82) is 0 Å². The van der Waals surface area contributed by atoms with Crippen LogP contribution >= 0.6 is 0 Å². The summed E-state index contributed by atoms with van der Waals surface area (Å²) < 4.78 is 0. The van der Waals surface area contributed by atoms with Gasteiger partial charge in [-0.05, 0) is 30.4 Å². The number of aliphatic carboxylic acids is 1. The average molecular weight is 222 g/mol. The molecule has 1 rings (SSSR count). The Morgan fingerprint density at radius 3 is 2.06 bits per heavy atom. The van der Waals surface area contributed by atoms with Crippen molar-refractivity contribution >= 4 is 5.97 Å². The quantitative estimate of drug-likeness (QED) is 0.843. The molecule has 0 amide bonds. The van der Waals surface area contributed by atoms with Gasteiger partial charge in [-0.1, -0.05) is 45.5 Å². The second kappa shape index (κ2) is 6.31. The summed E-state index contributed by atoms with van der Waals surface area (Å²) in [5.74, 6) is -0.558. The van der Waals surface area contributed by atoms with Crippen LogP contribution in [0.15, 0.2) is 24.3 Å². The van der Waals surface area contributed by atoms with Gasteiger partial charge in [0.1, 0.15) is 0 Å². The van der Waals surface area contributed by atoms with Gasteiger partial charge in [-0.3, -0.25) is 4.79 Å². The molecule has 0 aliphatic rings. The minimum absolute atomic E-state index is 0. The molecule has 0 saturated heterocycles. The lowest BCUT2D eigenvalue weighted by Crippen LogP contribution is -2.07. The highest BCUT2D eigenvalue weighted by Gasteiger charge is 2.12. The summed E-state index contributed by atoms with van der Waals surface area (Å²) in [5.41, 5.74) is 2.14. The number of carboxylic acids is 1. The van der Waals surface area contributed by atoms with Crippen molar-refractivity contribution < 1.29 is 9.90 Å². The Bertz CT molecular complexity index is 325. The van der Waals surface area contributed by atoms with E-state index >= 15 is 0 Å². The number of hydrogen-bond donors (Lipinski definition) is 1. The third-order valence-electron chi connectivity index (χ3n) is 2.49. The molecule has 1 aromatic rings. The molecule has 2 heteroatoms. The first-order valence-corrected chi connectivity index (χ1v) is 5.32. The molecule has 0 aliphatic heterocycles. The van der Waals surface area contributed by atoms with Crippen LogP contribution in [-0.2, 0) is 11.2 Å². The lowest BCUT2D eigenvalue weighted by molar-refractivity contribution is -0.138. The topological polar surface area (TPSA) is 37.3 Å². The number of carbonyl (C=O) groups is 1. The molecule has 0 aliphatic carbocycles. The first-order chi connectivity index (χ1) is 7.00. The van der Waals surface area contributed by atoms with Crippen molar-refractivity contribution in [3.05, 3.63) is 35.4 Å². The predicted octanol–water partition coefficient (Wildman–Crippen LogP) is 3.71. The summed E-state index contributed by atoms with van der Waals surface area (Å²) >= 11 is 0. The van der Waals surface area contributed by atoms with Crippen LogP contribution in [0.3, 0.4) is 0 Å². The summed E-state index contributed by atoms with van der Waals surface area (Å²) in [7, 11) is 0. The molecule has 2 nitrogen and oxygen atoms in total. The van der Waals surface area contributed by atoms with Gasteiger partial charge in [-0.15, -0.1) is 0 Å². The van der Waals surface area contributed by atoms with E-state index in [9.17, 15) is 4.79 Å². The van der Waals surface area contributed by atoms with E-state index in [4.69, 9.17) is 5.11 Å². The molecule has 1 N–H and O–H groups in total. The molecule has 1 atom stereocenters. The first kappa shape index (κ1) is 14.7. The fourth-order valence-corrected chi connectivity index (χ4v) is 1.56. The van der Waals surface area contributed by atoms with E-state index in [0.717, 1.165) is 12.0 Å². The monoisotopic (exact) mass is 222 g/mol. The highest BCUT2D eigenvalue weighted by Crippen LogP contribution is 2.17. The van der Waals surface area contributed by atoms with E-state index in [2.05, 4.69) is 13.8 Å². The van der Waals surface area contributed by atoms with Crippen LogP contribution < -0.4 is 0 Å². The number of hydrogen-bond acceptors (Lipinski definition) is 1. The highest BCUT2D eigenvalue weighted by molar-refractivity contribution is 5.75. The van der Waals surface area contributed by atoms with Crippen LogP contribution in [0, 0.1) is 5.92 Å². The molecule has 0 spiro atoms. The van der Waals surface area contributed by atoms with Crippen molar-refractivity contribution in [2.75, 3.05) is 0 Å². The molecular formula is C14H22O2. The largest absolute Gasteiger partial charge is 0.481 e. The van der Waals surface area contributed by atoms with Crippen molar-refractivity contribution in [3.63, 3.8) is 0 Å². The lowest BCUT2D eigenvalue weighted by Gasteiger charge is -2.09. The van der Waals surface area contributed by atoms with Gasteiger partial charge in [0.15, 0.2) is 0 Å². The highest BCUT2D eigenvalue weighted by atomic mass is 16.4. The van der Waals surface area contributed by atoms with Gasteiger partial charge < -0.3 is 5.11 Å². The van der Waals surface area contributed by atoms with Crippen LogP contribution in [-0.4, -0.2) is 11.1 Å². The maximum Gasteiger partial charge on any atom is 0.310 e. The van der Waals surface area contributed by atoms with E-state index < -0.39 is 11.9 Å². The minimum atomic E-state index is -0.772. The van der Waals surface area contributed by atoms with Gasteiger partial charge >= 0.3 is 5.97 Å². The zero-order valence-corrected chi connectivity index (χ0v) is 9.53. The standard InChI is InChI=1S/C13H18O2.CH4/c1-9(2)8-11-4-6-12(7-5-11)10(3)13(14)15;/h4-7,9-10H,8H2,1-3H3,(H,14,15);1H4. The van der Waals surface area contributed by atoms with Gasteiger partial charge in [-0.2, -0.15) is 0 Å². The second-order valence-electron chi connectivity index (χ2n) is 4.40. The van der Waals surface area contributed by atoms with Gasteiger partial charge in [0.05, 0.1) is 5.92 Å². The molecule has 0 fully saturated rings. The first-order valence-electron chi connectivity index (χ1n) is 5.32. The summed E-state index contributed by atoms with van der Waals surface area (Å²) in [6, 6.07) is 7.87. The summed E-state index contributed by atoms with van der Waals surface area (Å²) in [6.07, 6.45) is 1.04. The van der Waals surface area contributed by atoms with E-state index in [0.29, 0.717) is 5.92 Å². The Labute approximate surface area is 98.3 Å². The Morgan fingerprint density at radius 2 is 1.69 bits per heavy atom. The van der Waals surface area contributed by atoms with Crippen LogP contribution in [0.25, 0.3) is 0 Å². The van der Waals surface area contributed by atoms with Gasteiger partial charge in [0.2, 0.25) is 0 Å². The number of carboxylic acid groups (broad SMARTS) is 1. The smallest absolute Gasteiger partial charge is 0.310 e. The Balaban J connectivity index is 0.00000225. The van der Waals surface area contributed by atoms with Gasteiger partial charge in [0.25, 0.3) is 0 Å². The Kier molecular flexibility index (Phi) is 5.79. The van der Waals surface area contributed by atoms with Crippen LogP contribution in [0.5, 0.6) is 0 Å². The number of benzene rings is 1. The van der Waals surface area contributed by atoms with E-state index in [1.54, 1.807) is 6.92 Å². The van der Waals surface area contributed by atoms with E-state index in [-0.39, 0.29) is 7.43 Å². The fraction of sp³-hybridized carbons (Fsp3) is 0.500. The van der Waals surface area contributed by atoms with Gasteiger partial charge in [0, 0.05) is 0 Å². The molecule has 90 valence electrons. The molecule has 0 saturated carbocycles. The van der Waals surface area contributed by atoms with Crippen LogP contribution in [0.2, 0.25) is 0 Å². The third-order valence-corrected chi connectivity index (χ3v) is 2.49. The summed E-state index contributed by atoms with van der Waals surface area (Å²) in [5, 5.41) is 8.85. The van der Waals surface area contributed by atoms with E-state index in [1.807, 2.05) is 24.3 Å². The van der Waals surface area contributed by atoms with Gasteiger partial charge in [-0.25, -0.2) is 0 Å². The van der Waals surface area contributed by atoms with Crippen LogP contribution in [0.1, 0.15) is 45.2 Å². The third kappa shape index (κ3) is 4.05. The van der Waals surface area contributed by atoms with Crippen molar-refractivity contribution in [2.45, 2.75) is 40.5 Å². The molecule has 0 bridgehead atoms.